The number of nitrogens with one attached hydrogen (secondary N) is 2. The molecule has 44 heavy (non-hydrogen) atoms. The minimum absolute atomic E-state index is 0.0773. The second-order valence-electron chi connectivity index (χ2n) is 11.5. The molecule has 3 aromatic rings. The molecule has 0 aromatic heterocycles. The van der Waals surface area contributed by atoms with Gasteiger partial charge in [0.25, 0.3) is 0 Å². The first-order valence-corrected chi connectivity index (χ1v) is 14.5. The van der Waals surface area contributed by atoms with E-state index in [4.69, 9.17) is 14.2 Å². The minimum Gasteiger partial charge on any atom is -0.460 e. The van der Waals surface area contributed by atoms with E-state index >= 15 is 0 Å². The Hall–Kier alpha value is -4.92. The van der Waals surface area contributed by atoms with Gasteiger partial charge in [-0.05, 0) is 45.2 Å². The van der Waals surface area contributed by atoms with E-state index in [-0.39, 0.29) is 19.4 Å². The maximum Gasteiger partial charge on any atom is 0.408 e. The van der Waals surface area contributed by atoms with Gasteiger partial charge in [0.05, 0.1) is 0 Å². The molecule has 0 heterocycles. The van der Waals surface area contributed by atoms with Crippen molar-refractivity contribution in [2.24, 2.45) is 0 Å². The van der Waals surface area contributed by atoms with Crippen molar-refractivity contribution in [1.29, 1.82) is 0 Å². The molecule has 0 aliphatic heterocycles. The van der Waals surface area contributed by atoms with Crippen molar-refractivity contribution in [3.8, 4) is 11.1 Å². The molecule has 0 fully saturated rings. The zero-order valence-corrected chi connectivity index (χ0v) is 25.4. The van der Waals surface area contributed by atoms with Gasteiger partial charge in [-0.2, -0.15) is 0 Å². The van der Waals surface area contributed by atoms with Crippen LogP contribution < -0.4 is 10.6 Å². The van der Waals surface area contributed by atoms with Crippen LogP contribution in [0.4, 0.5) is 4.79 Å². The summed E-state index contributed by atoms with van der Waals surface area (Å²) in [6.07, 6.45) is 0.309. The van der Waals surface area contributed by atoms with Gasteiger partial charge in [0, 0.05) is 23.1 Å². The van der Waals surface area contributed by atoms with Crippen molar-refractivity contribution in [3.05, 3.63) is 108 Å². The summed E-state index contributed by atoms with van der Waals surface area (Å²) in [7, 11) is 0. The Morgan fingerprint density at radius 1 is 0.864 bits per heavy atom. The van der Waals surface area contributed by atoms with Crippen molar-refractivity contribution in [1.82, 2.24) is 10.6 Å². The number of fused-ring (bicyclic) bond motifs is 3. The Morgan fingerprint density at radius 3 is 2.00 bits per heavy atom. The summed E-state index contributed by atoms with van der Waals surface area (Å²) in [5.41, 5.74) is 2.40. The van der Waals surface area contributed by atoms with E-state index in [1.807, 2.05) is 78.9 Å². The second kappa shape index (κ2) is 13.6. The number of hydrogen-bond donors (Lipinski definition) is 2. The fraction of sp³-hybridized carbons (Fsp3) is 0.314. The van der Waals surface area contributed by atoms with Gasteiger partial charge in [0.2, 0.25) is 5.91 Å². The average molecular weight is 599 g/mol. The number of rotatable bonds is 11. The van der Waals surface area contributed by atoms with Crippen molar-refractivity contribution in [3.63, 3.8) is 0 Å². The summed E-state index contributed by atoms with van der Waals surface area (Å²) < 4.78 is 16.8. The Balaban J connectivity index is 1.55. The number of benzene rings is 3. The standard InChI is InChI=1S/C35H38N2O7/c1-6-22-42-32(40)29(37-31(39)23(2)36-33(41)44-34(3,4)5)20-21-30(38)43-35(24-14-8-7-9-15-24)27-18-12-10-16-25(27)26-17-11-13-19-28(26)35/h6-19,23,29H,1,20-22H2,2-5H3,(H,36,41)(H,37,39)/t23-,29-/m0/s1. The predicted octanol–water partition coefficient (Wildman–Crippen LogP) is 5.41. The number of hydrogen-bond acceptors (Lipinski definition) is 7. The second-order valence-corrected chi connectivity index (χ2v) is 11.5. The van der Waals surface area contributed by atoms with Crippen LogP contribution in [0.3, 0.4) is 0 Å². The Labute approximate surface area is 257 Å². The van der Waals surface area contributed by atoms with Crippen LogP contribution in [0.5, 0.6) is 0 Å². The molecule has 0 saturated carbocycles. The van der Waals surface area contributed by atoms with Gasteiger partial charge in [-0.3, -0.25) is 9.59 Å². The van der Waals surface area contributed by atoms with E-state index in [2.05, 4.69) is 17.2 Å². The Bertz CT molecular complexity index is 1480. The first-order valence-electron chi connectivity index (χ1n) is 14.5. The first-order chi connectivity index (χ1) is 21.0. The fourth-order valence-electron chi connectivity index (χ4n) is 5.17. The van der Waals surface area contributed by atoms with E-state index in [1.165, 1.54) is 13.0 Å². The highest BCUT2D eigenvalue weighted by molar-refractivity contribution is 5.90. The highest BCUT2D eigenvalue weighted by Gasteiger charge is 2.48. The lowest BCUT2D eigenvalue weighted by Gasteiger charge is -2.32. The maximum atomic E-state index is 13.7. The molecule has 4 rings (SSSR count). The summed E-state index contributed by atoms with van der Waals surface area (Å²) in [6, 6.07) is 22.9. The van der Waals surface area contributed by atoms with Crippen molar-refractivity contribution >= 4 is 23.9 Å². The molecule has 0 spiro atoms. The molecule has 2 N–H and O–H groups in total. The summed E-state index contributed by atoms with van der Waals surface area (Å²) in [5, 5.41) is 5.03. The number of carbonyl (C=O) groups is 4. The molecule has 2 atom stereocenters. The number of amides is 2. The van der Waals surface area contributed by atoms with Crippen LogP contribution in [0.1, 0.15) is 57.2 Å². The van der Waals surface area contributed by atoms with E-state index in [0.717, 1.165) is 27.8 Å². The first kappa shape index (κ1) is 32.0. The number of esters is 2. The van der Waals surface area contributed by atoms with Crippen molar-refractivity contribution in [2.75, 3.05) is 6.61 Å². The van der Waals surface area contributed by atoms with E-state index in [9.17, 15) is 19.2 Å². The average Bonchev–Trinajstić information content (AvgIpc) is 3.27. The topological polar surface area (TPSA) is 120 Å². The smallest absolute Gasteiger partial charge is 0.408 e. The molecule has 1 aliphatic carbocycles. The zero-order valence-electron chi connectivity index (χ0n) is 25.4. The summed E-state index contributed by atoms with van der Waals surface area (Å²) in [4.78, 5) is 51.7. The van der Waals surface area contributed by atoms with Crippen LogP contribution in [-0.4, -0.2) is 48.2 Å². The van der Waals surface area contributed by atoms with Crippen LogP contribution in [0.2, 0.25) is 0 Å². The largest absolute Gasteiger partial charge is 0.460 e. The van der Waals surface area contributed by atoms with E-state index < -0.39 is 47.2 Å². The van der Waals surface area contributed by atoms with Gasteiger partial charge in [0.15, 0.2) is 5.60 Å². The SMILES string of the molecule is C=CCOC(=O)[C@H](CCC(=O)OC1(c2ccccc2)c2ccccc2-c2ccccc21)NC(=O)[C@H](C)NC(=O)OC(C)(C)C. The Morgan fingerprint density at radius 2 is 1.43 bits per heavy atom. The predicted molar refractivity (Wildman–Crippen MR) is 165 cm³/mol. The normalized spacial score (nSPS) is 14.2. The van der Waals surface area contributed by atoms with Gasteiger partial charge >= 0.3 is 18.0 Å². The third-order valence-electron chi connectivity index (χ3n) is 7.06. The van der Waals surface area contributed by atoms with Crippen molar-refractivity contribution < 1.29 is 33.4 Å². The molecule has 0 bridgehead atoms. The molecular formula is C35H38N2O7. The molecular weight excluding hydrogens is 560 g/mol. The molecule has 9 nitrogen and oxygen atoms in total. The van der Waals surface area contributed by atoms with Gasteiger partial charge in [-0.1, -0.05) is 91.5 Å². The van der Waals surface area contributed by atoms with Gasteiger partial charge in [0.1, 0.15) is 24.3 Å². The van der Waals surface area contributed by atoms with Crippen LogP contribution in [-0.2, 0) is 34.2 Å². The van der Waals surface area contributed by atoms with Crippen LogP contribution >= 0.6 is 0 Å². The lowest BCUT2D eigenvalue weighted by Crippen LogP contribution is -2.51. The summed E-state index contributed by atoms with van der Waals surface area (Å²) >= 11 is 0. The Kier molecular flexibility index (Phi) is 9.88. The van der Waals surface area contributed by atoms with Crippen LogP contribution in [0.25, 0.3) is 11.1 Å². The van der Waals surface area contributed by atoms with Gasteiger partial charge < -0.3 is 24.8 Å². The lowest BCUT2D eigenvalue weighted by molar-refractivity contribution is -0.154. The third-order valence-corrected chi connectivity index (χ3v) is 7.06. The summed E-state index contributed by atoms with van der Waals surface area (Å²) in [6.45, 7) is 10.0. The number of ether oxygens (including phenoxy) is 3. The fourth-order valence-corrected chi connectivity index (χ4v) is 5.17. The van der Waals surface area contributed by atoms with Gasteiger partial charge in [-0.15, -0.1) is 0 Å². The van der Waals surface area contributed by atoms with E-state index in [1.54, 1.807) is 20.8 Å². The van der Waals surface area contributed by atoms with E-state index in [0.29, 0.717) is 0 Å². The highest BCUT2D eigenvalue weighted by Crippen LogP contribution is 2.53. The van der Waals surface area contributed by atoms with Crippen molar-refractivity contribution in [2.45, 2.75) is 63.8 Å². The zero-order chi connectivity index (χ0) is 31.9. The monoisotopic (exact) mass is 598 g/mol. The maximum absolute atomic E-state index is 13.7. The lowest BCUT2D eigenvalue weighted by atomic mass is 9.84. The molecule has 2 amide bonds. The molecule has 1 aliphatic rings. The third kappa shape index (κ3) is 7.16. The molecule has 0 saturated heterocycles. The minimum atomic E-state index is -1.21. The molecule has 3 aromatic carbocycles. The molecule has 9 heteroatoms. The van der Waals surface area contributed by atoms with Crippen LogP contribution in [0, 0.1) is 0 Å². The molecule has 0 radical (unpaired) electrons. The molecule has 0 unspecified atom stereocenters. The molecule has 230 valence electrons. The highest BCUT2D eigenvalue weighted by atomic mass is 16.6. The van der Waals surface area contributed by atoms with Crippen LogP contribution in [0.15, 0.2) is 91.5 Å². The number of carbonyl (C=O) groups excluding carboxylic acids is 4. The summed E-state index contributed by atoms with van der Waals surface area (Å²) in [5.74, 6) is -1.97. The quantitative estimate of drug-likeness (QED) is 0.172. The number of alkyl carbamates (subject to hydrolysis) is 1. The van der Waals surface area contributed by atoms with Gasteiger partial charge in [-0.25, -0.2) is 9.59 Å².